The number of carbonyl (C=O) groups excluding carboxylic acids is 1. The second-order valence-corrected chi connectivity index (χ2v) is 10.7. The quantitative estimate of drug-likeness (QED) is 0.784. The van der Waals surface area contributed by atoms with E-state index in [2.05, 4.69) is 4.72 Å². The van der Waals surface area contributed by atoms with Crippen molar-refractivity contribution >= 4 is 31.5 Å². The molecule has 2 unspecified atom stereocenters. The lowest BCUT2D eigenvalue weighted by molar-refractivity contribution is -0.134. The van der Waals surface area contributed by atoms with Gasteiger partial charge in [-0.3, -0.25) is 9.52 Å². The summed E-state index contributed by atoms with van der Waals surface area (Å²) >= 11 is 0. The highest BCUT2D eigenvalue weighted by Crippen LogP contribution is 2.19. The van der Waals surface area contributed by atoms with E-state index < -0.39 is 25.8 Å². The number of sulfonamides is 1. The van der Waals surface area contributed by atoms with Crippen LogP contribution in [0.1, 0.15) is 18.9 Å². The van der Waals surface area contributed by atoms with E-state index in [0.29, 0.717) is 12.1 Å². The zero-order valence-corrected chi connectivity index (χ0v) is 16.2. The SMILES string of the molecule is Cc1ccc(NS(=O)(=O)CC(C)C(=O)N(C)C2CCS(=O)(=O)C2)cc1. The Bertz CT molecular complexity index is 832. The van der Waals surface area contributed by atoms with Crippen LogP contribution in [0.3, 0.4) is 0 Å². The molecule has 25 heavy (non-hydrogen) atoms. The van der Waals surface area contributed by atoms with Gasteiger partial charge in [-0.2, -0.15) is 0 Å². The van der Waals surface area contributed by atoms with Gasteiger partial charge in [-0.1, -0.05) is 24.6 Å². The van der Waals surface area contributed by atoms with Crippen molar-refractivity contribution in [2.75, 3.05) is 29.0 Å². The van der Waals surface area contributed by atoms with E-state index in [1.807, 2.05) is 6.92 Å². The first-order chi connectivity index (χ1) is 11.5. The normalized spacial score (nSPS) is 20.8. The number of nitrogens with zero attached hydrogens (tertiary/aromatic N) is 1. The molecule has 140 valence electrons. The number of carbonyl (C=O) groups is 1. The summed E-state index contributed by atoms with van der Waals surface area (Å²) in [6.07, 6.45) is 0.395. The zero-order chi connectivity index (χ0) is 18.8. The average molecular weight is 389 g/mol. The van der Waals surface area contributed by atoms with Crippen LogP contribution in [0.4, 0.5) is 5.69 Å². The summed E-state index contributed by atoms with van der Waals surface area (Å²) < 4.78 is 50.1. The Morgan fingerprint density at radius 3 is 2.44 bits per heavy atom. The topological polar surface area (TPSA) is 101 Å². The molecule has 7 nitrogen and oxygen atoms in total. The molecule has 0 saturated carbocycles. The Morgan fingerprint density at radius 1 is 1.32 bits per heavy atom. The maximum atomic E-state index is 12.5. The highest BCUT2D eigenvalue weighted by molar-refractivity contribution is 7.92. The molecule has 1 saturated heterocycles. The molecule has 1 aliphatic rings. The highest BCUT2D eigenvalue weighted by Gasteiger charge is 2.35. The van der Waals surface area contributed by atoms with Crippen LogP contribution < -0.4 is 4.72 Å². The van der Waals surface area contributed by atoms with Gasteiger partial charge < -0.3 is 4.90 Å². The molecule has 2 rings (SSSR count). The first kappa shape index (κ1) is 19.7. The van der Waals surface area contributed by atoms with Gasteiger partial charge >= 0.3 is 0 Å². The lowest BCUT2D eigenvalue weighted by Crippen LogP contribution is -2.42. The molecule has 9 heteroatoms. The minimum Gasteiger partial charge on any atom is -0.341 e. The third-order valence-electron chi connectivity index (χ3n) is 4.32. The maximum absolute atomic E-state index is 12.5. The van der Waals surface area contributed by atoms with Crippen LogP contribution in [-0.2, 0) is 24.7 Å². The summed E-state index contributed by atoms with van der Waals surface area (Å²) in [5.41, 5.74) is 1.46. The lowest BCUT2D eigenvalue weighted by atomic mass is 10.1. The number of rotatable bonds is 6. The van der Waals surface area contributed by atoms with Crippen molar-refractivity contribution in [3.8, 4) is 0 Å². The third-order valence-corrected chi connectivity index (χ3v) is 7.56. The predicted molar refractivity (Wildman–Crippen MR) is 97.6 cm³/mol. The molecular weight excluding hydrogens is 364 g/mol. The van der Waals surface area contributed by atoms with E-state index in [1.54, 1.807) is 24.3 Å². The Labute approximate surface area is 149 Å². The van der Waals surface area contributed by atoms with E-state index in [0.717, 1.165) is 5.56 Å². The molecule has 1 aromatic carbocycles. The monoisotopic (exact) mass is 388 g/mol. The minimum atomic E-state index is -3.69. The van der Waals surface area contributed by atoms with Gasteiger partial charge in [0, 0.05) is 18.8 Å². The van der Waals surface area contributed by atoms with E-state index in [9.17, 15) is 21.6 Å². The number of anilines is 1. The number of hydrogen-bond donors (Lipinski definition) is 1. The number of hydrogen-bond acceptors (Lipinski definition) is 5. The molecular formula is C16H24N2O5S2. The van der Waals surface area contributed by atoms with Crippen LogP contribution in [0.15, 0.2) is 24.3 Å². The minimum absolute atomic E-state index is 0.0592. The Hall–Kier alpha value is -1.61. The zero-order valence-electron chi connectivity index (χ0n) is 14.6. The number of amides is 1. The van der Waals surface area contributed by atoms with Gasteiger partial charge in [-0.05, 0) is 25.5 Å². The van der Waals surface area contributed by atoms with Crippen LogP contribution >= 0.6 is 0 Å². The largest absolute Gasteiger partial charge is 0.341 e. The lowest BCUT2D eigenvalue weighted by Gasteiger charge is -2.26. The predicted octanol–water partition coefficient (Wildman–Crippen LogP) is 1.02. The smallest absolute Gasteiger partial charge is 0.233 e. The first-order valence-electron chi connectivity index (χ1n) is 8.03. The van der Waals surface area contributed by atoms with Crippen molar-refractivity contribution in [3.63, 3.8) is 0 Å². The first-order valence-corrected chi connectivity index (χ1v) is 11.5. The Kier molecular flexibility index (Phi) is 5.78. The van der Waals surface area contributed by atoms with Crippen LogP contribution in [-0.4, -0.2) is 58.0 Å². The molecule has 1 heterocycles. The van der Waals surface area contributed by atoms with E-state index in [-0.39, 0.29) is 29.2 Å². The molecule has 1 aliphatic heterocycles. The molecule has 0 aromatic heterocycles. The van der Waals surface area contributed by atoms with Crippen LogP contribution in [0.2, 0.25) is 0 Å². The number of aryl methyl sites for hydroxylation is 1. The fraction of sp³-hybridized carbons (Fsp3) is 0.562. The number of benzene rings is 1. The van der Waals surface area contributed by atoms with E-state index in [1.165, 1.54) is 18.9 Å². The third kappa shape index (κ3) is 5.43. The van der Waals surface area contributed by atoms with Gasteiger partial charge in [0.1, 0.15) is 0 Å². The summed E-state index contributed by atoms with van der Waals surface area (Å²) in [6, 6.07) is 6.53. The van der Waals surface area contributed by atoms with Gasteiger partial charge in [0.2, 0.25) is 15.9 Å². The van der Waals surface area contributed by atoms with Gasteiger partial charge in [0.15, 0.2) is 9.84 Å². The standard InChI is InChI=1S/C16H24N2O5S2/c1-12-4-6-14(7-5-12)17-25(22,23)10-13(2)16(19)18(3)15-8-9-24(20,21)11-15/h4-7,13,15,17H,8-11H2,1-3H3. The van der Waals surface area contributed by atoms with Gasteiger partial charge in [0.05, 0.1) is 23.2 Å². The Morgan fingerprint density at radius 2 is 1.92 bits per heavy atom. The summed E-state index contributed by atoms with van der Waals surface area (Å²) in [5, 5.41) is 0. The summed E-state index contributed by atoms with van der Waals surface area (Å²) in [6.45, 7) is 3.44. The second kappa shape index (κ2) is 7.33. The van der Waals surface area contributed by atoms with Crippen LogP contribution in [0, 0.1) is 12.8 Å². The van der Waals surface area contributed by atoms with Crippen molar-refractivity contribution in [3.05, 3.63) is 29.8 Å². The molecule has 0 bridgehead atoms. The maximum Gasteiger partial charge on any atom is 0.233 e. The van der Waals surface area contributed by atoms with Crippen molar-refractivity contribution in [2.45, 2.75) is 26.3 Å². The Balaban J connectivity index is 1.98. The number of nitrogens with one attached hydrogen (secondary N) is 1. The van der Waals surface area contributed by atoms with Crippen LogP contribution in [0.5, 0.6) is 0 Å². The molecule has 1 aromatic rings. The molecule has 1 fully saturated rings. The van der Waals surface area contributed by atoms with E-state index >= 15 is 0 Å². The summed E-state index contributed by atoms with van der Waals surface area (Å²) in [7, 11) is -5.26. The van der Waals surface area contributed by atoms with Crippen molar-refractivity contribution in [1.82, 2.24) is 4.90 Å². The number of sulfone groups is 1. The molecule has 1 amide bonds. The van der Waals surface area contributed by atoms with Crippen molar-refractivity contribution < 1.29 is 21.6 Å². The van der Waals surface area contributed by atoms with Gasteiger partial charge in [0.25, 0.3) is 0 Å². The van der Waals surface area contributed by atoms with Gasteiger partial charge in [-0.15, -0.1) is 0 Å². The second-order valence-electron chi connectivity index (χ2n) is 6.66. The molecule has 2 atom stereocenters. The van der Waals surface area contributed by atoms with E-state index in [4.69, 9.17) is 0 Å². The summed E-state index contributed by atoms with van der Waals surface area (Å²) in [5.74, 6) is -1.48. The average Bonchev–Trinajstić information content (AvgIpc) is 2.87. The van der Waals surface area contributed by atoms with Crippen LogP contribution in [0.25, 0.3) is 0 Å². The fourth-order valence-electron chi connectivity index (χ4n) is 2.85. The molecule has 0 radical (unpaired) electrons. The van der Waals surface area contributed by atoms with Gasteiger partial charge in [-0.25, -0.2) is 16.8 Å². The summed E-state index contributed by atoms with van der Waals surface area (Å²) in [4.78, 5) is 13.8. The van der Waals surface area contributed by atoms with Crippen molar-refractivity contribution in [1.29, 1.82) is 0 Å². The molecule has 1 N–H and O–H groups in total. The molecule has 0 aliphatic carbocycles. The molecule has 0 spiro atoms. The van der Waals surface area contributed by atoms with Crippen molar-refractivity contribution in [2.24, 2.45) is 5.92 Å². The highest BCUT2D eigenvalue weighted by atomic mass is 32.2. The fourth-order valence-corrected chi connectivity index (χ4v) is 6.01.